The average Bonchev–Trinajstić information content (AvgIpc) is 2.77. The van der Waals surface area contributed by atoms with E-state index in [0.717, 1.165) is 11.8 Å². The number of epoxide rings is 1. The Morgan fingerprint density at radius 3 is 2.69 bits per heavy atom. The Hall–Kier alpha value is -0.340. The van der Waals surface area contributed by atoms with E-state index in [-0.39, 0.29) is 5.60 Å². The molecule has 1 spiro atoms. The molecule has 1 aliphatic heterocycles. The summed E-state index contributed by atoms with van der Waals surface area (Å²) in [5.41, 5.74) is 1.52. The Labute approximate surface area is 104 Å². The minimum absolute atomic E-state index is 0.157. The third kappa shape index (κ3) is 1.05. The zero-order chi connectivity index (χ0) is 10.8. The van der Waals surface area contributed by atoms with Crippen molar-refractivity contribution in [2.24, 2.45) is 11.8 Å². The lowest BCUT2D eigenvalue weighted by Gasteiger charge is -2.24. The van der Waals surface area contributed by atoms with Crippen molar-refractivity contribution < 1.29 is 4.74 Å². The number of hydrogen-bond acceptors (Lipinski definition) is 1. The Kier molecular flexibility index (Phi) is 1.88. The van der Waals surface area contributed by atoms with Crippen LogP contribution >= 0.6 is 15.9 Å². The van der Waals surface area contributed by atoms with E-state index in [1.165, 1.54) is 24.8 Å². The number of rotatable bonds is 1. The average molecular weight is 279 g/mol. The molecule has 0 radical (unpaired) electrons. The second-order valence-electron chi connectivity index (χ2n) is 5.43. The van der Waals surface area contributed by atoms with E-state index in [4.69, 9.17) is 4.74 Å². The third-order valence-corrected chi connectivity index (χ3v) is 6.20. The minimum atomic E-state index is 0.157. The zero-order valence-electron chi connectivity index (χ0n) is 9.10. The van der Waals surface area contributed by atoms with Gasteiger partial charge in [-0.3, -0.25) is 0 Å². The van der Waals surface area contributed by atoms with E-state index in [2.05, 4.69) is 46.3 Å². The van der Waals surface area contributed by atoms with E-state index in [1.54, 1.807) is 0 Å². The van der Waals surface area contributed by atoms with Gasteiger partial charge in [-0.1, -0.05) is 46.3 Å². The van der Waals surface area contributed by atoms with Gasteiger partial charge in [0.25, 0.3) is 0 Å². The van der Waals surface area contributed by atoms with E-state index in [9.17, 15) is 0 Å². The molecule has 1 nitrogen and oxygen atoms in total. The van der Waals surface area contributed by atoms with Crippen molar-refractivity contribution in [1.29, 1.82) is 0 Å². The number of fused-ring (bicyclic) bond motifs is 3. The fourth-order valence-corrected chi connectivity index (χ4v) is 5.13. The van der Waals surface area contributed by atoms with Gasteiger partial charge in [-0.15, -0.1) is 0 Å². The van der Waals surface area contributed by atoms with Crippen LogP contribution in [0.3, 0.4) is 0 Å². The molecule has 2 saturated carbocycles. The maximum atomic E-state index is 6.15. The smallest absolute Gasteiger partial charge is 0.115 e. The van der Waals surface area contributed by atoms with Crippen molar-refractivity contribution >= 4 is 15.9 Å². The first-order valence-corrected chi connectivity index (χ1v) is 7.11. The van der Waals surface area contributed by atoms with Gasteiger partial charge in [0.15, 0.2) is 0 Å². The molecule has 0 unspecified atom stereocenters. The van der Waals surface area contributed by atoms with Crippen LogP contribution in [0.2, 0.25) is 0 Å². The fraction of sp³-hybridized carbons (Fsp3) is 0.571. The van der Waals surface area contributed by atoms with Crippen LogP contribution in [0.1, 0.15) is 30.9 Å². The number of benzene rings is 1. The summed E-state index contributed by atoms with van der Waals surface area (Å²) in [7, 11) is 0. The van der Waals surface area contributed by atoms with Crippen LogP contribution in [-0.4, -0.2) is 10.4 Å². The highest BCUT2D eigenvalue weighted by Gasteiger charge is 2.72. The van der Waals surface area contributed by atoms with Gasteiger partial charge in [-0.05, 0) is 36.7 Å². The normalized spacial score (nSPS) is 48.8. The van der Waals surface area contributed by atoms with E-state index in [1.807, 2.05) is 0 Å². The van der Waals surface area contributed by atoms with Crippen LogP contribution in [0.4, 0.5) is 0 Å². The quantitative estimate of drug-likeness (QED) is 0.564. The Morgan fingerprint density at radius 2 is 2.00 bits per heavy atom. The lowest BCUT2D eigenvalue weighted by atomic mass is 9.84. The van der Waals surface area contributed by atoms with Crippen LogP contribution < -0.4 is 0 Å². The molecule has 84 valence electrons. The molecule has 5 atom stereocenters. The van der Waals surface area contributed by atoms with Crippen molar-refractivity contribution in [3.63, 3.8) is 0 Å². The lowest BCUT2D eigenvalue weighted by Crippen LogP contribution is -2.32. The molecule has 1 aromatic carbocycles. The van der Waals surface area contributed by atoms with Gasteiger partial charge in [-0.25, -0.2) is 0 Å². The first-order valence-electron chi connectivity index (χ1n) is 6.19. The van der Waals surface area contributed by atoms with Gasteiger partial charge in [0.2, 0.25) is 0 Å². The Bertz CT molecular complexity index is 414. The summed E-state index contributed by atoms with van der Waals surface area (Å²) in [5, 5.41) is 0. The van der Waals surface area contributed by atoms with Crippen molar-refractivity contribution in [3.8, 4) is 0 Å². The molecule has 1 aromatic rings. The largest absolute Gasteiger partial charge is 0.359 e. The molecule has 1 heterocycles. The summed E-state index contributed by atoms with van der Waals surface area (Å²) < 4.78 is 6.15. The molecule has 2 aliphatic carbocycles. The van der Waals surface area contributed by atoms with Crippen molar-refractivity contribution in [1.82, 2.24) is 0 Å². The van der Waals surface area contributed by atoms with Crippen LogP contribution in [-0.2, 0) is 4.74 Å². The molecule has 16 heavy (non-hydrogen) atoms. The summed E-state index contributed by atoms with van der Waals surface area (Å²) in [6.07, 6.45) is 4.50. The topological polar surface area (TPSA) is 12.5 Å². The Balaban J connectivity index is 1.68. The second-order valence-corrected chi connectivity index (χ2v) is 6.42. The Morgan fingerprint density at radius 1 is 1.19 bits per heavy atom. The molecule has 1 saturated heterocycles. The predicted molar refractivity (Wildman–Crippen MR) is 66.5 cm³/mol. The predicted octanol–water partition coefficient (Wildman–Crippen LogP) is 3.69. The second kappa shape index (κ2) is 3.11. The summed E-state index contributed by atoms with van der Waals surface area (Å²) in [6.45, 7) is 0. The molecule has 0 N–H and O–H groups in total. The maximum Gasteiger partial charge on any atom is 0.115 e. The van der Waals surface area contributed by atoms with Crippen molar-refractivity contribution in [2.45, 2.75) is 35.8 Å². The summed E-state index contributed by atoms with van der Waals surface area (Å²) in [6, 6.07) is 10.7. The van der Waals surface area contributed by atoms with Crippen molar-refractivity contribution in [3.05, 3.63) is 35.9 Å². The highest BCUT2D eigenvalue weighted by molar-refractivity contribution is 9.09. The SMILES string of the molecule is Br[C@@H]1[C@H]2CC[C@H](C2)[C@@]12O[C@@H]2c1ccccc1. The molecule has 0 aromatic heterocycles. The number of halogens is 1. The van der Waals surface area contributed by atoms with Crippen LogP contribution in [0, 0.1) is 11.8 Å². The van der Waals surface area contributed by atoms with E-state index < -0.39 is 0 Å². The minimum Gasteiger partial charge on any atom is -0.359 e. The number of ether oxygens (including phenoxy) is 1. The first kappa shape index (κ1) is 9.67. The lowest BCUT2D eigenvalue weighted by molar-refractivity contribution is 0.224. The van der Waals surface area contributed by atoms with E-state index >= 15 is 0 Å². The standard InChI is InChI=1S/C14H15BrO/c15-12-10-6-7-11(8-10)14(12)13(16-14)9-4-2-1-3-5-9/h1-5,10-13H,6-8H2/t10-,11+,12+,13+,14+/m0/s1. The van der Waals surface area contributed by atoms with Gasteiger partial charge in [0.1, 0.15) is 11.7 Å². The summed E-state index contributed by atoms with van der Waals surface area (Å²) in [4.78, 5) is 0.587. The molecule has 4 rings (SSSR count). The van der Waals surface area contributed by atoms with Crippen molar-refractivity contribution in [2.75, 3.05) is 0 Å². The first-order chi connectivity index (χ1) is 7.82. The van der Waals surface area contributed by atoms with Crippen LogP contribution in [0.15, 0.2) is 30.3 Å². The fourth-order valence-electron chi connectivity index (χ4n) is 3.93. The molecule has 2 bridgehead atoms. The highest BCUT2D eigenvalue weighted by atomic mass is 79.9. The number of alkyl halides is 1. The van der Waals surface area contributed by atoms with Gasteiger partial charge in [-0.2, -0.15) is 0 Å². The van der Waals surface area contributed by atoms with Gasteiger partial charge < -0.3 is 4.74 Å². The monoisotopic (exact) mass is 278 g/mol. The molecule has 2 heteroatoms. The number of hydrogen-bond donors (Lipinski definition) is 0. The summed E-state index contributed by atoms with van der Waals surface area (Å²) in [5.74, 6) is 1.66. The molecule has 3 fully saturated rings. The maximum absolute atomic E-state index is 6.15. The van der Waals surface area contributed by atoms with Gasteiger partial charge >= 0.3 is 0 Å². The third-order valence-electron chi connectivity index (χ3n) is 4.73. The zero-order valence-corrected chi connectivity index (χ0v) is 10.7. The molecular formula is C14H15BrO. The summed E-state index contributed by atoms with van der Waals surface area (Å²) >= 11 is 3.89. The van der Waals surface area contributed by atoms with E-state index in [0.29, 0.717) is 10.9 Å². The van der Waals surface area contributed by atoms with Crippen LogP contribution in [0.25, 0.3) is 0 Å². The molecular weight excluding hydrogens is 264 g/mol. The molecule has 3 aliphatic rings. The van der Waals surface area contributed by atoms with Gasteiger partial charge in [0.05, 0.1) is 0 Å². The van der Waals surface area contributed by atoms with Gasteiger partial charge in [0, 0.05) is 4.83 Å². The molecule has 0 amide bonds. The van der Waals surface area contributed by atoms with Crippen LogP contribution in [0.5, 0.6) is 0 Å². The highest BCUT2D eigenvalue weighted by Crippen LogP contribution is 2.69.